The summed E-state index contributed by atoms with van der Waals surface area (Å²) in [5.41, 5.74) is 6.08. The van der Waals surface area contributed by atoms with Crippen molar-refractivity contribution < 1.29 is 4.92 Å². The van der Waals surface area contributed by atoms with Gasteiger partial charge in [-0.2, -0.15) is 5.10 Å². The van der Waals surface area contributed by atoms with Gasteiger partial charge in [-0.15, -0.1) is 11.3 Å². The standard InChI is InChI=1S/C30H26N6O3S/c1-20-28(29(37)35(33(20)2)23-13-4-3-5-14-23)31-30-34(32-26-17-9-11-21-10-6-7-16-25(21)26)27(19-40-30)22-12-8-15-24(18-22)36(38)39/h3-8,10,12-16,18-19H,9,11,17H2,1-2H3. The summed E-state index contributed by atoms with van der Waals surface area (Å²) in [6, 6.07) is 24.1. The average molecular weight is 551 g/mol. The van der Waals surface area contributed by atoms with Crippen molar-refractivity contribution in [3.8, 4) is 16.9 Å². The Labute approximate surface area is 233 Å². The van der Waals surface area contributed by atoms with Crippen molar-refractivity contribution in [1.82, 2.24) is 14.0 Å². The summed E-state index contributed by atoms with van der Waals surface area (Å²) in [5, 5.41) is 18.5. The molecule has 200 valence electrons. The number of benzene rings is 3. The molecule has 10 heteroatoms. The second-order valence-electron chi connectivity index (χ2n) is 9.60. The third kappa shape index (κ3) is 4.52. The first kappa shape index (κ1) is 25.4. The predicted molar refractivity (Wildman–Crippen MR) is 157 cm³/mol. The Kier molecular flexibility index (Phi) is 6.61. The first-order valence-electron chi connectivity index (χ1n) is 12.9. The SMILES string of the molecule is Cc1c(N=c2scc(-c3cccc([N+](=O)[O-])c3)n2N=C2CCCc3ccccc32)c(=O)n(-c2ccccc2)n1C. The van der Waals surface area contributed by atoms with Gasteiger partial charge in [0, 0.05) is 35.7 Å². The lowest BCUT2D eigenvalue weighted by atomic mass is 9.90. The molecule has 3 aromatic carbocycles. The van der Waals surface area contributed by atoms with E-state index in [9.17, 15) is 14.9 Å². The minimum absolute atomic E-state index is 0.00550. The van der Waals surface area contributed by atoms with Crippen LogP contribution in [0, 0.1) is 17.0 Å². The van der Waals surface area contributed by atoms with E-state index < -0.39 is 4.92 Å². The van der Waals surface area contributed by atoms with Crippen molar-refractivity contribution in [3.63, 3.8) is 0 Å². The molecular weight excluding hydrogens is 524 g/mol. The van der Waals surface area contributed by atoms with E-state index in [-0.39, 0.29) is 11.2 Å². The fourth-order valence-corrected chi connectivity index (χ4v) is 5.89. The lowest BCUT2D eigenvalue weighted by Gasteiger charge is -2.18. The summed E-state index contributed by atoms with van der Waals surface area (Å²) >= 11 is 1.34. The van der Waals surface area contributed by atoms with Crippen LogP contribution in [-0.2, 0) is 13.5 Å². The van der Waals surface area contributed by atoms with Crippen LogP contribution in [0.3, 0.4) is 0 Å². The number of rotatable bonds is 5. The molecule has 0 amide bonds. The van der Waals surface area contributed by atoms with Gasteiger partial charge in [-0.3, -0.25) is 19.6 Å². The van der Waals surface area contributed by atoms with Crippen molar-refractivity contribution in [2.45, 2.75) is 26.2 Å². The number of aryl methyl sites for hydroxylation is 1. The first-order valence-corrected chi connectivity index (χ1v) is 13.8. The van der Waals surface area contributed by atoms with Gasteiger partial charge in [0.1, 0.15) is 0 Å². The maximum Gasteiger partial charge on any atom is 0.297 e. The molecule has 2 heterocycles. The topological polar surface area (TPSA) is 99.7 Å². The highest BCUT2D eigenvalue weighted by molar-refractivity contribution is 7.07. The van der Waals surface area contributed by atoms with E-state index in [0.717, 1.165) is 36.2 Å². The van der Waals surface area contributed by atoms with E-state index in [1.54, 1.807) is 20.1 Å². The number of nitrogens with zero attached hydrogens (tertiary/aromatic N) is 6. The van der Waals surface area contributed by atoms with E-state index in [1.807, 2.05) is 67.9 Å². The van der Waals surface area contributed by atoms with Crippen molar-refractivity contribution >= 4 is 28.4 Å². The van der Waals surface area contributed by atoms with E-state index >= 15 is 0 Å². The third-order valence-electron chi connectivity index (χ3n) is 7.18. The average Bonchev–Trinajstić information content (AvgIpc) is 3.47. The van der Waals surface area contributed by atoms with Gasteiger partial charge in [0.15, 0.2) is 5.69 Å². The molecule has 2 aromatic heterocycles. The van der Waals surface area contributed by atoms with Crippen molar-refractivity contribution in [1.29, 1.82) is 0 Å². The number of non-ortho nitro benzene ring substituents is 1. The number of aromatic nitrogens is 3. The Hall–Kier alpha value is -4.83. The van der Waals surface area contributed by atoms with Crippen LogP contribution in [-0.4, -0.2) is 24.7 Å². The monoisotopic (exact) mass is 550 g/mol. The molecule has 1 aliphatic carbocycles. The van der Waals surface area contributed by atoms with Gasteiger partial charge in [0.05, 0.1) is 27.7 Å². The maximum absolute atomic E-state index is 13.6. The number of thiazole rings is 1. The molecule has 0 bridgehead atoms. The van der Waals surface area contributed by atoms with Gasteiger partial charge in [0.25, 0.3) is 11.2 Å². The van der Waals surface area contributed by atoms with Gasteiger partial charge in [0.2, 0.25) is 4.80 Å². The molecule has 9 nitrogen and oxygen atoms in total. The molecular formula is C30H26N6O3S. The molecule has 0 fully saturated rings. The Morgan fingerprint density at radius 3 is 2.55 bits per heavy atom. The predicted octanol–water partition coefficient (Wildman–Crippen LogP) is 5.74. The van der Waals surface area contributed by atoms with Crippen LogP contribution < -0.4 is 10.4 Å². The zero-order valence-electron chi connectivity index (χ0n) is 22.0. The lowest BCUT2D eigenvalue weighted by Crippen LogP contribution is -2.20. The molecule has 0 spiro atoms. The molecule has 1 aliphatic rings. The Bertz CT molecular complexity index is 1910. The highest BCUT2D eigenvalue weighted by Gasteiger charge is 2.20. The van der Waals surface area contributed by atoms with Gasteiger partial charge in [-0.25, -0.2) is 14.4 Å². The third-order valence-corrected chi connectivity index (χ3v) is 7.99. The first-order chi connectivity index (χ1) is 19.4. The highest BCUT2D eigenvalue weighted by atomic mass is 32.1. The zero-order valence-corrected chi connectivity index (χ0v) is 22.8. The molecule has 0 aliphatic heterocycles. The fourth-order valence-electron chi connectivity index (χ4n) is 5.05. The largest absolute Gasteiger partial charge is 0.297 e. The van der Waals surface area contributed by atoms with Crippen molar-refractivity contribution in [3.05, 3.63) is 126 Å². The van der Waals surface area contributed by atoms with Gasteiger partial charge < -0.3 is 0 Å². The van der Waals surface area contributed by atoms with Crippen LogP contribution in [0.15, 0.2) is 99.1 Å². The number of para-hydroxylation sites is 1. The Morgan fingerprint density at radius 2 is 1.75 bits per heavy atom. The molecule has 40 heavy (non-hydrogen) atoms. The molecule has 6 rings (SSSR count). The van der Waals surface area contributed by atoms with E-state index in [4.69, 9.17) is 10.1 Å². The lowest BCUT2D eigenvalue weighted by molar-refractivity contribution is -0.384. The van der Waals surface area contributed by atoms with E-state index in [2.05, 4.69) is 12.1 Å². The van der Waals surface area contributed by atoms with Gasteiger partial charge in [-0.05, 0) is 43.9 Å². The second kappa shape index (κ2) is 10.4. The van der Waals surface area contributed by atoms with Crippen LogP contribution in [0.5, 0.6) is 0 Å². The number of fused-ring (bicyclic) bond motifs is 1. The Morgan fingerprint density at radius 1 is 0.975 bits per heavy atom. The number of hydrogen-bond acceptors (Lipinski definition) is 6. The summed E-state index contributed by atoms with van der Waals surface area (Å²) in [4.78, 5) is 30.1. The van der Waals surface area contributed by atoms with Crippen molar-refractivity contribution in [2.24, 2.45) is 17.1 Å². The molecule has 0 N–H and O–H groups in total. The normalized spacial score (nSPS) is 14.4. The van der Waals surface area contributed by atoms with Gasteiger partial charge >= 0.3 is 0 Å². The minimum Gasteiger partial charge on any atom is -0.283 e. The molecule has 0 unspecified atom stereocenters. The van der Waals surface area contributed by atoms with Crippen LogP contribution in [0.4, 0.5) is 11.4 Å². The Balaban J connectivity index is 1.59. The highest BCUT2D eigenvalue weighted by Crippen LogP contribution is 2.27. The van der Waals surface area contributed by atoms with E-state index in [0.29, 0.717) is 27.4 Å². The summed E-state index contributed by atoms with van der Waals surface area (Å²) < 4.78 is 5.11. The summed E-state index contributed by atoms with van der Waals surface area (Å²) in [6.07, 6.45) is 2.75. The summed E-state index contributed by atoms with van der Waals surface area (Å²) in [5.74, 6) is 0. The van der Waals surface area contributed by atoms with Crippen LogP contribution in [0.2, 0.25) is 0 Å². The molecule has 0 atom stereocenters. The number of hydrogen-bond donors (Lipinski definition) is 0. The fraction of sp³-hybridized carbons (Fsp3) is 0.167. The number of nitro benzene ring substituents is 1. The van der Waals surface area contributed by atoms with E-state index in [1.165, 1.54) is 29.0 Å². The minimum atomic E-state index is -0.409. The maximum atomic E-state index is 13.6. The quantitative estimate of drug-likeness (QED) is 0.206. The van der Waals surface area contributed by atoms with Crippen LogP contribution in [0.25, 0.3) is 16.9 Å². The second-order valence-corrected chi connectivity index (χ2v) is 10.4. The van der Waals surface area contributed by atoms with Gasteiger partial charge in [-0.1, -0.05) is 54.6 Å². The van der Waals surface area contributed by atoms with Crippen LogP contribution in [0.1, 0.15) is 29.7 Å². The number of nitro groups is 1. The van der Waals surface area contributed by atoms with Crippen molar-refractivity contribution in [2.75, 3.05) is 0 Å². The zero-order chi connectivity index (χ0) is 27.8. The summed E-state index contributed by atoms with van der Waals surface area (Å²) in [7, 11) is 1.83. The molecule has 0 saturated carbocycles. The van der Waals surface area contributed by atoms with Crippen LogP contribution >= 0.6 is 11.3 Å². The molecule has 5 aromatic rings. The molecule has 0 saturated heterocycles. The molecule has 0 radical (unpaired) electrons. The smallest absolute Gasteiger partial charge is 0.283 e. The summed E-state index contributed by atoms with van der Waals surface area (Å²) in [6.45, 7) is 1.86.